The van der Waals surface area contributed by atoms with Crippen molar-refractivity contribution in [2.45, 2.75) is 29.6 Å². The van der Waals surface area contributed by atoms with Crippen LogP contribution in [0.25, 0.3) is 0 Å². The van der Waals surface area contributed by atoms with Gasteiger partial charge in [-0.15, -0.1) is 12.4 Å². The lowest BCUT2D eigenvalue weighted by Gasteiger charge is -2.22. The summed E-state index contributed by atoms with van der Waals surface area (Å²) in [6.07, 6.45) is 1.17. The smallest absolute Gasteiger partial charge is 0.243 e. The molecule has 1 aromatic rings. The zero-order valence-corrected chi connectivity index (χ0v) is 15.3. The largest absolute Gasteiger partial charge is 0.330 e. The van der Waals surface area contributed by atoms with Crippen LogP contribution in [0.1, 0.15) is 18.9 Å². The van der Waals surface area contributed by atoms with Gasteiger partial charge in [-0.05, 0) is 42.5 Å². The van der Waals surface area contributed by atoms with Crippen LogP contribution in [0.15, 0.2) is 28.0 Å². The molecule has 0 bridgehead atoms. The normalized spacial score (nSPS) is 26.7. The highest BCUT2D eigenvalue weighted by atomic mass is 35.5. The lowest BCUT2D eigenvalue weighted by Crippen LogP contribution is -2.34. The maximum atomic E-state index is 12.7. The molecule has 2 N–H and O–H groups in total. The number of hydrogen-bond acceptors (Lipinski definition) is 5. The minimum atomic E-state index is -3.68. The first-order valence-corrected chi connectivity index (χ1v) is 10.3. The van der Waals surface area contributed by atoms with Crippen LogP contribution in [0, 0.1) is 5.41 Å². The van der Waals surface area contributed by atoms with Crippen molar-refractivity contribution < 1.29 is 16.8 Å². The highest BCUT2D eigenvalue weighted by Gasteiger charge is 2.39. The highest BCUT2D eigenvalue weighted by Crippen LogP contribution is 2.34. The second-order valence-corrected chi connectivity index (χ2v) is 10.5. The summed E-state index contributed by atoms with van der Waals surface area (Å²) in [6, 6.07) is 4.43. The fourth-order valence-electron chi connectivity index (χ4n) is 3.04. The van der Waals surface area contributed by atoms with Crippen LogP contribution in [0.5, 0.6) is 0 Å². The second kappa shape index (κ2) is 6.00. The predicted molar refractivity (Wildman–Crippen MR) is 90.0 cm³/mol. The molecular formula is C14H21ClN2O4S2. The Morgan fingerprint density at radius 2 is 2.04 bits per heavy atom. The second-order valence-electron chi connectivity index (χ2n) is 6.44. The molecule has 130 valence electrons. The monoisotopic (exact) mass is 380 g/mol. The van der Waals surface area contributed by atoms with Gasteiger partial charge in [0.1, 0.15) is 0 Å². The quantitative estimate of drug-likeness (QED) is 0.836. The summed E-state index contributed by atoms with van der Waals surface area (Å²) in [4.78, 5) is 0.215. The molecule has 1 aromatic carbocycles. The Bertz CT molecular complexity index is 823. The van der Waals surface area contributed by atoms with E-state index in [1.807, 2.05) is 6.92 Å². The highest BCUT2D eigenvalue weighted by molar-refractivity contribution is 7.92. The number of rotatable bonds is 3. The first-order valence-electron chi connectivity index (χ1n) is 7.24. The van der Waals surface area contributed by atoms with Gasteiger partial charge in [0.25, 0.3) is 0 Å². The Morgan fingerprint density at radius 1 is 1.35 bits per heavy atom. The molecule has 2 aliphatic rings. The Hall–Kier alpha value is -0.670. The van der Waals surface area contributed by atoms with Crippen LogP contribution in [-0.4, -0.2) is 46.5 Å². The van der Waals surface area contributed by atoms with Gasteiger partial charge in [-0.2, -0.15) is 4.31 Å². The van der Waals surface area contributed by atoms with Gasteiger partial charge in [-0.3, -0.25) is 0 Å². The van der Waals surface area contributed by atoms with Gasteiger partial charge in [0, 0.05) is 13.1 Å². The van der Waals surface area contributed by atoms with E-state index in [4.69, 9.17) is 5.73 Å². The van der Waals surface area contributed by atoms with Crippen molar-refractivity contribution >= 4 is 32.3 Å². The van der Waals surface area contributed by atoms with E-state index in [9.17, 15) is 16.8 Å². The summed E-state index contributed by atoms with van der Waals surface area (Å²) in [5.41, 5.74) is 6.21. The van der Waals surface area contributed by atoms with Gasteiger partial charge in [0.15, 0.2) is 9.84 Å². The summed E-state index contributed by atoms with van der Waals surface area (Å²) < 4.78 is 50.8. The van der Waals surface area contributed by atoms with Crippen molar-refractivity contribution in [3.05, 3.63) is 23.8 Å². The maximum Gasteiger partial charge on any atom is 0.243 e. The van der Waals surface area contributed by atoms with Crippen molar-refractivity contribution in [1.29, 1.82) is 0 Å². The average molecular weight is 381 g/mol. The Kier molecular flexibility index (Phi) is 4.87. The van der Waals surface area contributed by atoms with Gasteiger partial charge < -0.3 is 5.73 Å². The van der Waals surface area contributed by atoms with E-state index in [1.54, 1.807) is 6.07 Å². The summed E-state index contributed by atoms with van der Waals surface area (Å²) in [5.74, 6) is 0.0563. The standard InChI is InChI=1S/C14H20N2O4S2.ClH/c1-14(9-15)5-6-16(10-14)22(19,20)12-3-2-11-4-7-21(17,18)13(11)8-12;/h2-3,8H,4-7,9-10,15H2,1H3;1H. The number of aryl methyl sites for hydroxylation is 1. The molecule has 2 aliphatic heterocycles. The summed E-state index contributed by atoms with van der Waals surface area (Å²) in [7, 11) is -7.02. The maximum absolute atomic E-state index is 12.7. The number of halogens is 1. The summed E-state index contributed by atoms with van der Waals surface area (Å²) in [5, 5.41) is 0. The van der Waals surface area contributed by atoms with E-state index in [0.717, 1.165) is 0 Å². The topological polar surface area (TPSA) is 97.5 Å². The molecule has 1 atom stereocenters. The van der Waals surface area contributed by atoms with Crippen molar-refractivity contribution in [3.8, 4) is 0 Å². The summed E-state index contributed by atoms with van der Waals surface area (Å²) in [6.45, 7) is 3.18. The van der Waals surface area contributed by atoms with Crippen molar-refractivity contribution in [2.75, 3.05) is 25.4 Å². The Labute approximate surface area is 143 Å². The van der Waals surface area contributed by atoms with Crippen molar-refractivity contribution in [2.24, 2.45) is 11.1 Å². The fraction of sp³-hybridized carbons (Fsp3) is 0.571. The Balaban J connectivity index is 0.00000192. The predicted octanol–water partition coefficient (Wildman–Crippen LogP) is 0.798. The van der Waals surface area contributed by atoms with E-state index >= 15 is 0 Å². The van der Waals surface area contributed by atoms with Crippen LogP contribution in [-0.2, 0) is 26.3 Å². The van der Waals surface area contributed by atoms with Gasteiger partial charge in [0.05, 0.1) is 15.5 Å². The first kappa shape index (κ1) is 18.7. The molecule has 1 saturated heterocycles. The molecule has 1 unspecified atom stereocenters. The van der Waals surface area contributed by atoms with E-state index in [0.29, 0.717) is 38.0 Å². The molecule has 23 heavy (non-hydrogen) atoms. The van der Waals surface area contributed by atoms with Gasteiger partial charge >= 0.3 is 0 Å². The van der Waals surface area contributed by atoms with Crippen molar-refractivity contribution in [1.82, 2.24) is 4.31 Å². The molecule has 9 heteroatoms. The fourth-order valence-corrected chi connectivity index (χ4v) is 6.32. The third-order valence-corrected chi connectivity index (χ3v) is 8.30. The van der Waals surface area contributed by atoms with Crippen LogP contribution in [0.2, 0.25) is 0 Å². The lowest BCUT2D eigenvalue weighted by molar-refractivity contribution is 0.349. The van der Waals surface area contributed by atoms with Crippen LogP contribution < -0.4 is 5.73 Å². The lowest BCUT2D eigenvalue weighted by atomic mass is 9.90. The average Bonchev–Trinajstić information content (AvgIpc) is 3.01. The number of sulfone groups is 1. The van der Waals surface area contributed by atoms with Crippen LogP contribution in [0.4, 0.5) is 0 Å². The Morgan fingerprint density at radius 3 is 2.65 bits per heavy atom. The molecular weight excluding hydrogens is 360 g/mol. The summed E-state index contributed by atoms with van der Waals surface area (Å²) >= 11 is 0. The first-order chi connectivity index (χ1) is 10.2. The minimum Gasteiger partial charge on any atom is -0.330 e. The third kappa shape index (κ3) is 3.15. The molecule has 0 spiro atoms. The zero-order chi connectivity index (χ0) is 16.2. The van der Waals surface area contributed by atoms with E-state index in [2.05, 4.69) is 0 Å². The molecule has 0 amide bonds. The van der Waals surface area contributed by atoms with Gasteiger partial charge in [-0.1, -0.05) is 13.0 Å². The SMILES string of the molecule is CC1(CN)CCN(S(=O)(=O)c2ccc3c(c2)S(=O)(=O)CC3)C1.Cl. The molecule has 2 heterocycles. The number of hydrogen-bond donors (Lipinski definition) is 1. The number of fused-ring (bicyclic) bond motifs is 1. The number of nitrogens with two attached hydrogens (primary N) is 1. The molecule has 1 fully saturated rings. The molecule has 6 nitrogen and oxygen atoms in total. The van der Waals surface area contributed by atoms with Gasteiger partial charge in [-0.25, -0.2) is 16.8 Å². The molecule has 0 radical (unpaired) electrons. The molecule has 0 aliphatic carbocycles. The molecule has 3 rings (SSSR count). The molecule has 0 aromatic heterocycles. The van der Waals surface area contributed by atoms with Gasteiger partial charge in [0.2, 0.25) is 10.0 Å². The van der Waals surface area contributed by atoms with Crippen LogP contribution >= 0.6 is 12.4 Å². The minimum absolute atomic E-state index is 0. The van der Waals surface area contributed by atoms with Crippen LogP contribution in [0.3, 0.4) is 0 Å². The molecule has 0 saturated carbocycles. The zero-order valence-electron chi connectivity index (χ0n) is 12.9. The van der Waals surface area contributed by atoms with E-state index < -0.39 is 19.9 Å². The number of benzene rings is 1. The van der Waals surface area contributed by atoms with E-state index in [-0.39, 0.29) is 33.4 Å². The van der Waals surface area contributed by atoms with Crippen molar-refractivity contribution in [3.63, 3.8) is 0 Å². The third-order valence-electron chi connectivity index (χ3n) is 4.67. The van der Waals surface area contributed by atoms with E-state index in [1.165, 1.54) is 16.4 Å². The number of sulfonamides is 1. The number of nitrogens with zero attached hydrogens (tertiary/aromatic N) is 1.